The summed E-state index contributed by atoms with van der Waals surface area (Å²) in [5.41, 5.74) is 0. The lowest BCUT2D eigenvalue weighted by Gasteiger charge is -2.30. The van der Waals surface area contributed by atoms with Crippen LogP contribution in [0.3, 0.4) is 0 Å². The number of likely N-dealkylation sites (N-methyl/N-ethyl adjacent to an activating group) is 1. The number of rotatable bonds is 0. The highest BCUT2D eigenvalue weighted by molar-refractivity contribution is 5.73. The van der Waals surface area contributed by atoms with Crippen molar-refractivity contribution in [3.05, 3.63) is 0 Å². The molecule has 21 heavy (non-hydrogen) atoms. The first-order chi connectivity index (χ1) is 9.94. The average molecular weight is 302 g/mol. The van der Waals surface area contributed by atoms with Gasteiger partial charge < -0.3 is 14.4 Å². The number of fused-ring (bicyclic) bond motifs is 3. The Morgan fingerprint density at radius 1 is 1.05 bits per heavy atom. The minimum absolute atomic E-state index is 0.00993. The second-order valence-corrected chi connectivity index (χ2v) is 5.61. The summed E-state index contributed by atoms with van der Waals surface area (Å²) in [6.07, 6.45) is 0. The van der Waals surface area contributed by atoms with E-state index in [0.29, 0.717) is 19.6 Å². The zero-order chi connectivity index (χ0) is 15.4. The Balaban J connectivity index is 2.19. The molecule has 0 spiro atoms. The zero-order valence-corrected chi connectivity index (χ0v) is 12.5. The molecule has 0 N–H and O–H groups in total. The molecule has 4 unspecified atom stereocenters. The number of halogens is 1. The number of esters is 2. The third-order valence-corrected chi connectivity index (χ3v) is 3.85. The molecule has 0 aromatic heterocycles. The first-order valence-corrected chi connectivity index (χ1v) is 7.12. The van der Waals surface area contributed by atoms with E-state index < -0.39 is 18.5 Å². The third kappa shape index (κ3) is 4.90. The fraction of sp³-hybridized carbons (Fsp3) is 0.846. The van der Waals surface area contributed by atoms with Gasteiger partial charge in [0.1, 0.15) is 0 Å². The molecule has 0 aromatic rings. The van der Waals surface area contributed by atoms with Gasteiger partial charge in [-0.2, -0.15) is 4.39 Å². The first-order valence-electron chi connectivity index (χ1n) is 7.12. The molecule has 0 amide bonds. The van der Waals surface area contributed by atoms with Gasteiger partial charge in [-0.3, -0.25) is 19.4 Å². The van der Waals surface area contributed by atoms with Gasteiger partial charge in [-0.25, -0.2) is 0 Å². The lowest BCUT2D eigenvalue weighted by atomic mass is 10.2. The predicted molar refractivity (Wildman–Crippen MR) is 72.1 cm³/mol. The van der Waals surface area contributed by atoms with Crippen LogP contribution in [-0.2, 0) is 19.1 Å². The Hall–Kier alpha value is -1.25. The Morgan fingerprint density at radius 2 is 1.67 bits per heavy atom. The maximum atomic E-state index is 13.4. The maximum Gasteiger partial charge on any atom is 0.401 e. The normalized spacial score (nSPS) is 36.7. The number of cyclic esters (lactones) is 2. The van der Waals surface area contributed by atoms with Crippen molar-refractivity contribution in [3.63, 3.8) is 0 Å². The molecule has 2 bridgehead atoms. The number of ether oxygens (including phenoxy) is 2. The van der Waals surface area contributed by atoms with Crippen LogP contribution in [0, 0.1) is 0 Å². The van der Waals surface area contributed by atoms with Crippen LogP contribution in [0.5, 0.6) is 0 Å². The van der Waals surface area contributed by atoms with Crippen molar-refractivity contribution in [2.24, 2.45) is 0 Å². The van der Waals surface area contributed by atoms with Crippen molar-refractivity contribution in [2.75, 3.05) is 52.9 Å². The molecule has 2 heterocycles. The number of nitrogens with zero attached hydrogens (tertiary/aromatic N) is 3. The lowest BCUT2D eigenvalue weighted by molar-refractivity contribution is -0.219. The van der Waals surface area contributed by atoms with Crippen LogP contribution in [0.2, 0.25) is 0 Å². The largest absolute Gasteiger partial charge is 0.401 e. The number of hydrogen-bond donors (Lipinski definition) is 0. The second-order valence-electron chi connectivity index (χ2n) is 5.61. The monoisotopic (exact) mass is 302 g/mol. The molecule has 0 radical (unpaired) electrons. The van der Waals surface area contributed by atoms with Gasteiger partial charge in [0.2, 0.25) is 0 Å². The molecule has 0 saturated carbocycles. The van der Waals surface area contributed by atoms with Crippen LogP contribution in [0.25, 0.3) is 0 Å². The van der Waals surface area contributed by atoms with Crippen molar-refractivity contribution < 1.29 is 23.5 Å². The van der Waals surface area contributed by atoms with Gasteiger partial charge >= 0.3 is 18.5 Å². The Morgan fingerprint density at radius 3 is 2.38 bits per heavy atom. The molecule has 2 aliphatic rings. The Bertz CT molecular complexity index is 396. The van der Waals surface area contributed by atoms with Gasteiger partial charge in [-0.1, -0.05) is 0 Å². The smallest absolute Gasteiger partial charge is 0.396 e. The minimum atomic E-state index is -2.33. The lowest BCUT2D eigenvalue weighted by Crippen LogP contribution is -2.46. The van der Waals surface area contributed by atoms with Crippen LogP contribution in [0.4, 0.5) is 4.39 Å². The quantitative estimate of drug-likeness (QED) is 0.547. The molecule has 0 aromatic carbocycles. The van der Waals surface area contributed by atoms with E-state index in [2.05, 4.69) is 14.4 Å². The van der Waals surface area contributed by atoms with E-state index >= 15 is 0 Å². The van der Waals surface area contributed by atoms with Crippen LogP contribution < -0.4 is 0 Å². The van der Waals surface area contributed by atoms with E-state index in [0.717, 1.165) is 13.1 Å². The summed E-state index contributed by atoms with van der Waals surface area (Å²) in [5, 5.41) is 0. The zero-order valence-electron chi connectivity index (χ0n) is 12.5. The summed E-state index contributed by atoms with van der Waals surface area (Å²) < 4.78 is 22.3. The molecule has 2 fully saturated rings. The number of alkyl halides is 1. The van der Waals surface area contributed by atoms with E-state index in [9.17, 15) is 14.0 Å². The van der Waals surface area contributed by atoms with E-state index in [-0.39, 0.29) is 19.1 Å². The van der Waals surface area contributed by atoms with E-state index in [1.165, 1.54) is 0 Å². The minimum Gasteiger partial charge on any atom is -0.396 e. The summed E-state index contributed by atoms with van der Waals surface area (Å²) >= 11 is 0. The van der Waals surface area contributed by atoms with Gasteiger partial charge in [0, 0.05) is 38.8 Å². The third-order valence-electron chi connectivity index (χ3n) is 3.85. The van der Waals surface area contributed by atoms with Gasteiger partial charge in [0.15, 0.2) is 0 Å². The van der Waals surface area contributed by atoms with Crippen molar-refractivity contribution in [2.45, 2.75) is 19.5 Å². The van der Waals surface area contributed by atoms with Crippen LogP contribution in [-0.4, -0.2) is 92.1 Å². The molecule has 2 aliphatic heterocycles. The molecule has 120 valence electrons. The Kier molecular flexibility index (Phi) is 5.49. The van der Waals surface area contributed by atoms with Crippen molar-refractivity contribution >= 4 is 11.9 Å². The van der Waals surface area contributed by atoms with Gasteiger partial charge in [0.05, 0.1) is 13.1 Å². The summed E-state index contributed by atoms with van der Waals surface area (Å²) in [6.45, 7) is 3.24. The van der Waals surface area contributed by atoms with Crippen LogP contribution in [0.15, 0.2) is 0 Å². The van der Waals surface area contributed by atoms with E-state index in [1.807, 2.05) is 23.8 Å². The van der Waals surface area contributed by atoms with Crippen LogP contribution in [0.1, 0.15) is 6.92 Å². The number of carbonyl (C=O) groups excluding carboxylic acids is 2. The number of hydrogen-bond acceptors (Lipinski definition) is 7. The Labute approximate surface area is 123 Å². The standard InChI is InChI=1S/C13H22FN3O4/c1-10-7-16-5-3-15(2)4-6-17(10)9-12(19)21-13(14)20-11(18)8-16/h10,13H,3-9H2,1-2H3/i14-1. The maximum absolute atomic E-state index is 13.4. The highest BCUT2D eigenvalue weighted by Crippen LogP contribution is 2.10. The molecular weight excluding hydrogens is 280 g/mol. The summed E-state index contributed by atoms with van der Waals surface area (Å²) in [5.74, 6) is -1.45. The molecule has 8 heteroatoms. The second kappa shape index (κ2) is 7.15. The average Bonchev–Trinajstić information content (AvgIpc) is 2.42. The summed E-state index contributed by atoms with van der Waals surface area (Å²) in [7, 11) is 1.99. The molecular formula is C13H22FN3O4. The molecule has 0 aliphatic carbocycles. The van der Waals surface area contributed by atoms with Crippen molar-refractivity contribution in [1.29, 1.82) is 0 Å². The van der Waals surface area contributed by atoms with Crippen molar-refractivity contribution in [1.82, 2.24) is 14.7 Å². The summed E-state index contributed by atoms with van der Waals surface area (Å²) in [6, 6.07) is 0.0630. The fourth-order valence-corrected chi connectivity index (χ4v) is 2.56. The highest BCUT2D eigenvalue weighted by atomic mass is 18.2. The predicted octanol–water partition coefficient (Wildman–Crippen LogP) is -0.723. The van der Waals surface area contributed by atoms with Gasteiger partial charge in [-0.05, 0) is 14.0 Å². The first kappa shape index (κ1) is 16.1. The van der Waals surface area contributed by atoms with Gasteiger partial charge in [-0.15, -0.1) is 0 Å². The SMILES string of the molecule is CC1CN2CCN(C)CCN1CC(=O)OC([18F])OC(=O)C2. The molecule has 2 saturated heterocycles. The highest BCUT2D eigenvalue weighted by Gasteiger charge is 2.28. The van der Waals surface area contributed by atoms with E-state index in [4.69, 9.17) is 0 Å². The summed E-state index contributed by atoms with van der Waals surface area (Å²) in [4.78, 5) is 29.4. The van der Waals surface area contributed by atoms with Crippen molar-refractivity contribution in [3.8, 4) is 0 Å². The van der Waals surface area contributed by atoms with Gasteiger partial charge in [0.25, 0.3) is 0 Å². The fourth-order valence-electron chi connectivity index (χ4n) is 2.56. The number of carbonyl (C=O) groups is 2. The topological polar surface area (TPSA) is 62.3 Å². The molecule has 4 atom stereocenters. The van der Waals surface area contributed by atoms with E-state index in [1.54, 1.807) is 0 Å². The molecule has 7 nitrogen and oxygen atoms in total. The molecule has 2 rings (SSSR count). The van der Waals surface area contributed by atoms with Crippen LogP contribution >= 0.6 is 0 Å².